The van der Waals surface area contributed by atoms with E-state index in [1.165, 1.54) is 32.1 Å². The zero-order chi connectivity index (χ0) is 49.3. The minimum atomic E-state index is -0.798. The van der Waals surface area contributed by atoms with Gasteiger partial charge in [-0.15, -0.1) is 0 Å². The molecule has 0 rings (SSSR count). The number of esters is 3. The van der Waals surface area contributed by atoms with Crippen LogP contribution in [0.1, 0.15) is 233 Å². The van der Waals surface area contributed by atoms with E-state index in [-0.39, 0.29) is 31.1 Å². The standard InChI is InChI=1S/C62H100O6/c1-4-7-10-13-16-19-21-23-25-27-29-31-33-35-37-39-41-43-46-49-52-55-61(64)67-58-59(57-66-60(63)54-51-48-45-18-15-12-9-6-3)68-62(65)56-53-50-47-44-42-40-38-36-34-32-30-28-26-24-22-20-17-14-11-8-5-2/h7-8,10-11,16-17,19-20,23-26,29-32,35-38,59H,4-6,9,12-15,18,21-22,27-28,33-34,39-58H2,1-3H3/b10-7-,11-8-,19-16-,20-17-,25-23-,26-24-,31-29-,32-30-,37-35-,38-36-. The van der Waals surface area contributed by atoms with Gasteiger partial charge < -0.3 is 14.2 Å². The van der Waals surface area contributed by atoms with Crippen molar-refractivity contribution in [3.63, 3.8) is 0 Å². The fraction of sp³-hybridized carbons (Fsp3) is 0.629. The predicted molar refractivity (Wildman–Crippen MR) is 293 cm³/mol. The van der Waals surface area contributed by atoms with E-state index < -0.39 is 6.10 Å². The van der Waals surface area contributed by atoms with Crippen LogP contribution in [0.4, 0.5) is 0 Å². The van der Waals surface area contributed by atoms with Gasteiger partial charge >= 0.3 is 17.9 Å². The molecule has 0 saturated carbocycles. The van der Waals surface area contributed by atoms with Crippen molar-refractivity contribution < 1.29 is 28.6 Å². The van der Waals surface area contributed by atoms with E-state index in [1.807, 2.05) is 0 Å². The number of carbonyl (C=O) groups excluding carboxylic acids is 3. The highest BCUT2D eigenvalue weighted by Crippen LogP contribution is 2.13. The van der Waals surface area contributed by atoms with Gasteiger partial charge in [-0.2, -0.15) is 0 Å². The van der Waals surface area contributed by atoms with E-state index in [0.29, 0.717) is 19.3 Å². The maximum absolute atomic E-state index is 12.8. The fourth-order valence-corrected chi connectivity index (χ4v) is 7.14. The minimum Gasteiger partial charge on any atom is -0.462 e. The summed E-state index contributed by atoms with van der Waals surface area (Å²) in [5, 5.41) is 0. The van der Waals surface area contributed by atoms with Gasteiger partial charge in [0.05, 0.1) is 0 Å². The Morgan fingerprint density at radius 2 is 0.574 bits per heavy atom. The van der Waals surface area contributed by atoms with Gasteiger partial charge in [0.2, 0.25) is 0 Å². The number of unbranched alkanes of at least 4 members (excludes halogenated alkanes) is 17. The molecule has 1 unspecified atom stereocenters. The van der Waals surface area contributed by atoms with Gasteiger partial charge in [0.25, 0.3) is 0 Å². The van der Waals surface area contributed by atoms with Gasteiger partial charge in [0.1, 0.15) is 13.2 Å². The number of allylic oxidation sites excluding steroid dienone is 20. The number of ether oxygens (including phenoxy) is 3. The van der Waals surface area contributed by atoms with Crippen LogP contribution in [0, 0.1) is 0 Å². The predicted octanol–water partition coefficient (Wildman–Crippen LogP) is 18.5. The Bertz CT molecular complexity index is 1450. The van der Waals surface area contributed by atoms with Crippen molar-refractivity contribution >= 4 is 17.9 Å². The quantitative estimate of drug-likeness (QED) is 0.0262. The second-order valence-electron chi connectivity index (χ2n) is 17.7. The van der Waals surface area contributed by atoms with Gasteiger partial charge in [-0.05, 0) is 109 Å². The molecule has 384 valence electrons. The first-order valence-electron chi connectivity index (χ1n) is 27.5. The zero-order valence-electron chi connectivity index (χ0n) is 43.8. The molecule has 6 heteroatoms. The van der Waals surface area contributed by atoms with Gasteiger partial charge in [0, 0.05) is 19.3 Å². The fourth-order valence-electron chi connectivity index (χ4n) is 7.14. The molecule has 0 aliphatic heterocycles. The molecule has 0 aliphatic rings. The number of rotatable bonds is 48. The molecule has 1 atom stereocenters. The highest BCUT2D eigenvalue weighted by atomic mass is 16.6. The molecule has 0 bridgehead atoms. The Labute approximate surface area is 418 Å². The highest BCUT2D eigenvalue weighted by Gasteiger charge is 2.19. The number of carbonyl (C=O) groups is 3. The summed E-state index contributed by atoms with van der Waals surface area (Å²) in [6.07, 6.45) is 76.2. The average molecular weight is 941 g/mol. The van der Waals surface area contributed by atoms with Crippen LogP contribution < -0.4 is 0 Å². The molecule has 0 spiro atoms. The molecular formula is C62H100O6. The van der Waals surface area contributed by atoms with Crippen LogP contribution in [0.25, 0.3) is 0 Å². The smallest absolute Gasteiger partial charge is 0.306 e. The van der Waals surface area contributed by atoms with Crippen molar-refractivity contribution in [2.24, 2.45) is 0 Å². The molecular weight excluding hydrogens is 841 g/mol. The largest absolute Gasteiger partial charge is 0.462 e. The molecule has 0 heterocycles. The van der Waals surface area contributed by atoms with Crippen LogP contribution in [0.3, 0.4) is 0 Å². The topological polar surface area (TPSA) is 78.9 Å². The van der Waals surface area contributed by atoms with Crippen molar-refractivity contribution in [2.45, 2.75) is 239 Å². The summed E-state index contributed by atoms with van der Waals surface area (Å²) >= 11 is 0. The first kappa shape index (κ1) is 63.8. The van der Waals surface area contributed by atoms with Crippen LogP contribution in [0.2, 0.25) is 0 Å². The van der Waals surface area contributed by atoms with Crippen molar-refractivity contribution in [1.82, 2.24) is 0 Å². The summed E-state index contributed by atoms with van der Waals surface area (Å²) in [5.41, 5.74) is 0. The number of hydrogen-bond acceptors (Lipinski definition) is 6. The lowest BCUT2D eigenvalue weighted by molar-refractivity contribution is -0.167. The van der Waals surface area contributed by atoms with Crippen LogP contribution in [-0.4, -0.2) is 37.2 Å². The van der Waals surface area contributed by atoms with Crippen LogP contribution in [0.5, 0.6) is 0 Å². The maximum Gasteiger partial charge on any atom is 0.306 e. The van der Waals surface area contributed by atoms with Gasteiger partial charge in [-0.25, -0.2) is 0 Å². The molecule has 0 aromatic carbocycles. The zero-order valence-corrected chi connectivity index (χ0v) is 43.8. The normalized spacial score (nSPS) is 13.0. The second kappa shape index (κ2) is 55.4. The van der Waals surface area contributed by atoms with E-state index in [1.54, 1.807) is 0 Å². The summed E-state index contributed by atoms with van der Waals surface area (Å²) in [6, 6.07) is 0. The van der Waals surface area contributed by atoms with Gasteiger partial charge in [-0.3, -0.25) is 14.4 Å². The number of hydrogen-bond donors (Lipinski definition) is 0. The van der Waals surface area contributed by atoms with Crippen LogP contribution >= 0.6 is 0 Å². The van der Waals surface area contributed by atoms with Crippen LogP contribution in [-0.2, 0) is 28.6 Å². The lowest BCUT2D eigenvalue weighted by atomic mass is 10.1. The van der Waals surface area contributed by atoms with Gasteiger partial charge in [-0.1, -0.05) is 226 Å². The SMILES string of the molecule is CC/C=C\C/C=C\C/C=C\C/C=C\C/C=C\CCCCCCCC(=O)OCC(COC(=O)CCCCCCCCCC)OC(=O)CCCCCCC/C=C\C/C=C\C/C=C\C/C=C\C/C=C\CC. The highest BCUT2D eigenvalue weighted by molar-refractivity contribution is 5.71. The summed E-state index contributed by atoms with van der Waals surface area (Å²) in [7, 11) is 0. The summed E-state index contributed by atoms with van der Waals surface area (Å²) < 4.78 is 16.8. The van der Waals surface area contributed by atoms with Crippen molar-refractivity contribution in [2.75, 3.05) is 13.2 Å². The van der Waals surface area contributed by atoms with Gasteiger partial charge in [0.15, 0.2) is 6.10 Å². The molecule has 6 nitrogen and oxygen atoms in total. The lowest BCUT2D eigenvalue weighted by Crippen LogP contribution is -2.30. The lowest BCUT2D eigenvalue weighted by Gasteiger charge is -2.18. The van der Waals surface area contributed by atoms with Crippen LogP contribution in [0.15, 0.2) is 122 Å². The third-order valence-electron chi connectivity index (χ3n) is 11.2. The first-order valence-corrected chi connectivity index (χ1v) is 27.5. The first-order chi connectivity index (χ1) is 33.5. The van der Waals surface area contributed by atoms with E-state index in [4.69, 9.17) is 14.2 Å². The summed E-state index contributed by atoms with van der Waals surface area (Å²) in [5.74, 6) is -0.942. The third-order valence-corrected chi connectivity index (χ3v) is 11.2. The molecule has 68 heavy (non-hydrogen) atoms. The Balaban J connectivity index is 4.37. The third kappa shape index (κ3) is 52.8. The van der Waals surface area contributed by atoms with Crippen molar-refractivity contribution in [3.8, 4) is 0 Å². The van der Waals surface area contributed by atoms with E-state index >= 15 is 0 Å². The average Bonchev–Trinajstić information content (AvgIpc) is 3.34. The Morgan fingerprint density at radius 3 is 0.897 bits per heavy atom. The second-order valence-corrected chi connectivity index (χ2v) is 17.7. The van der Waals surface area contributed by atoms with E-state index in [0.717, 1.165) is 161 Å². The molecule has 0 fully saturated rings. The Morgan fingerprint density at radius 1 is 0.309 bits per heavy atom. The molecule has 0 aromatic rings. The molecule has 0 amide bonds. The Hall–Kier alpha value is -4.19. The van der Waals surface area contributed by atoms with Crippen molar-refractivity contribution in [1.29, 1.82) is 0 Å². The molecule has 0 N–H and O–H groups in total. The Kier molecular flexibility index (Phi) is 52.0. The monoisotopic (exact) mass is 941 g/mol. The maximum atomic E-state index is 12.8. The molecule has 0 radical (unpaired) electrons. The molecule has 0 aromatic heterocycles. The summed E-state index contributed by atoms with van der Waals surface area (Å²) in [6.45, 7) is 6.34. The van der Waals surface area contributed by atoms with E-state index in [9.17, 15) is 14.4 Å². The minimum absolute atomic E-state index is 0.0947. The molecule has 0 saturated heterocycles. The van der Waals surface area contributed by atoms with Crippen molar-refractivity contribution in [3.05, 3.63) is 122 Å². The molecule has 0 aliphatic carbocycles. The van der Waals surface area contributed by atoms with E-state index in [2.05, 4.69) is 142 Å². The summed E-state index contributed by atoms with van der Waals surface area (Å²) in [4.78, 5) is 38.0.